The first-order valence-electron chi connectivity index (χ1n) is 22.2. The summed E-state index contributed by atoms with van der Waals surface area (Å²) in [5, 5.41) is 9.11. The number of para-hydroxylation sites is 1. The molecule has 11 aromatic carbocycles. The number of hydrogen-bond donors (Lipinski definition) is 0. The van der Waals surface area contributed by atoms with Crippen LogP contribution in [0.1, 0.15) is 0 Å². The van der Waals surface area contributed by atoms with E-state index >= 15 is 0 Å². The summed E-state index contributed by atoms with van der Waals surface area (Å²) in [6.07, 6.45) is 0. The molecule has 304 valence electrons. The van der Waals surface area contributed by atoms with Crippen LogP contribution in [0.4, 0.5) is 17.1 Å². The quantitative estimate of drug-likeness (QED) is 0.150. The third-order valence-corrected chi connectivity index (χ3v) is 13.1. The van der Waals surface area contributed by atoms with Crippen molar-refractivity contribution in [2.24, 2.45) is 0 Å². The maximum atomic E-state index is 7.10. The van der Waals surface area contributed by atoms with Gasteiger partial charge >= 0.3 is 0 Å². The van der Waals surface area contributed by atoms with E-state index < -0.39 is 0 Å². The highest BCUT2D eigenvalue weighted by molar-refractivity contribution is 6.28. The second-order valence-corrected chi connectivity index (χ2v) is 16.8. The van der Waals surface area contributed by atoms with Crippen LogP contribution in [-0.4, -0.2) is 0 Å². The molecule has 65 heavy (non-hydrogen) atoms. The highest BCUT2D eigenvalue weighted by Crippen LogP contribution is 2.48. The van der Waals surface area contributed by atoms with Gasteiger partial charge in [-0.25, -0.2) is 0 Å². The topological polar surface area (TPSA) is 29.5 Å². The number of anilines is 3. The zero-order valence-corrected chi connectivity index (χ0v) is 35.3. The number of hydrogen-bond acceptors (Lipinski definition) is 3. The normalized spacial score (nSPS) is 11.7. The lowest BCUT2D eigenvalue weighted by atomic mass is 9.87. The fourth-order valence-electron chi connectivity index (χ4n) is 10.0. The molecule has 13 rings (SSSR count). The summed E-state index contributed by atoms with van der Waals surface area (Å²) in [4.78, 5) is 2.34. The summed E-state index contributed by atoms with van der Waals surface area (Å²) >= 11 is 0. The Balaban J connectivity index is 1.01. The van der Waals surface area contributed by atoms with Crippen LogP contribution in [0.3, 0.4) is 0 Å². The molecule has 3 heteroatoms. The molecule has 0 saturated carbocycles. The monoisotopic (exact) mass is 829 g/mol. The van der Waals surface area contributed by atoms with Crippen molar-refractivity contribution in [1.82, 2.24) is 0 Å². The Bertz CT molecular complexity index is 3820. The van der Waals surface area contributed by atoms with Crippen LogP contribution in [0.25, 0.3) is 110 Å². The van der Waals surface area contributed by atoms with E-state index in [1.54, 1.807) is 0 Å². The van der Waals surface area contributed by atoms with Crippen molar-refractivity contribution in [2.45, 2.75) is 0 Å². The smallest absolute Gasteiger partial charge is 0.143 e. The van der Waals surface area contributed by atoms with E-state index in [0.717, 1.165) is 83.2 Å². The molecule has 0 bridgehead atoms. The van der Waals surface area contributed by atoms with Crippen molar-refractivity contribution in [3.63, 3.8) is 0 Å². The lowest BCUT2D eigenvalue weighted by Gasteiger charge is -2.26. The van der Waals surface area contributed by atoms with Crippen LogP contribution in [-0.2, 0) is 0 Å². The van der Waals surface area contributed by atoms with E-state index in [-0.39, 0.29) is 0 Å². The highest BCUT2D eigenvalue weighted by Gasteiger charge is 2.23. The van der Waals surface area contributed by atoms with Crippen molar-refractivity contribution in [3.05, 3.63) is 237 Å². The van der Waals surface area contributed by atoms with Gasteiger partial charge in [-0.05, 0) is 127 Å². The van der Waals surface area contributed by atoms with Gasteiger partial charge in [0.05, 0.1) is 0 Å². The molecule has 0 unspecified atom stereocenters. The molecule has 13 aromatic rings. The molecule has 2 heterocycles. The third-order valence-electron chi connectivity index (χ3n) is 13.1. The molecule has 0 atom stereocenters. The minimum Gasteiger partial charge on any atom is -0.456 e. The number of rotatable bonds is 7. The Morgan fingerprint density at radius 2 is 0.754 bits per heavy atom. The highest BCUT2D eigenvalue weighted by atomic mass is 16.3. The number of furan rings is 2. The summed E-state index contributed by atoms with van der Waals surface area (Å²) in [5.74, 6) is 0. The zero-order valence-electron chi connectivity index (χ0n) is 35.3. The number of fused-ring (bicyclic) bond motifs is 10. The fourth-order valence-corrected chi connectivity index (χ4v) is 10.0. The Morgan fingerprint density at radius 1 is 0.277 bits per heavy atom. The van der Waals surface area contributed by atoms with Gasteiger partial charge in [-0.15, -0.1) is 0 Å². The van der Waals surface area contributed by atoms with Gasteiger partial charge in [0.15, 0.2) is 0 Å². The Kier molecular flexibility index (Phi) is 8.53. The van der Waals surface area contributed by atoms with E-state index in [9.17, 15) is 0 Å². The van der Waals surface area contributed by atoms with Gasteiger partial charge in [-0.1, -0.05) is 170 Å². The lowest BCUT2D eigenvalue weighted by molar-refractivity contribution is 0.663. The van der Waals surface area contributed by atoms with Gasteiger partial charge < -0.3 is 13.7 Å². The average Bonchev–Trinajstić information content (AvgIpc) is 3.96. The van der Waals surface area contributed by atoms with E-state index in [0.29, 0.717) is 0 Å². The van der Waals surface area contributed by atoms with Gasteiger partial charge in [-0.2, -0.15) is 0 Å². The summed E-state index contributed by atoms with van der Waals surface area (Å²) < 4.78 is 13.5. The fraction of sp³-hybridized carbons (Fsp3) is 0. The zero-order chi connectivity index (χ0) is 42.8. The molecular weight excluding hydrogens is 791 g/mol. The van der Waals surface area contributed by atoms with Crippen molar-refractivity contribution in [1.29, 1.82) is 0 Å². The Hall–Kier alpha value is -8.66. The van der Waals surface area contributed by atoms with E-state index in [1.807, 2.05) is 18.2 Å². The number of benzene rings is 11. The Morgan fingerprint density at radius 3 is 1.38 bits per heavy atom. The van der Waals surface area contributed by atoms with Gasteiger partial charge in [0.2, 0.25) is 0 Å². The molecular formula is C62H39NO2. The number of nitrogens with zero attached hydrogens (tertiary/aromatic N) is 1. The van der Waals surface area contributed by atoms with Gasteiger partial charge in [0, 0.05) is 44.2 Å². The van der Waals surface area contributed by atoms with Crippen LogP contribution in [0.15, 0.2) is 245 Å². The van der Waals surface area contributed by atoms with Crippen molar-refractivity contribution < 1.29 is 8.83 Å². The molecule has 0 aliphatic rings. The van der Waals surface area contributed by atoms with Crippen LogP contribution >= 0.6 is 0 Å². The van der Waals surface area contributed by atoms with E-state index in [1.165, 1.54) is 43.8 Å². The molecule has 2 aromatic heterocycles. The average molecular weight is 830 g/mol. The third kappa shape index (κ3) is 6.12. The second kappa shape index (κ2) is 15.0. The van der Waals surface area contributed by atoms with Crippen molar-refractivity contribution >= 4 is 82.5 Å². The van der Waals surface area contributed by atoms with Gasteiger partial charge in [0.25, 0.3) is 0 Å². The van der Waals surface area contributed by atoms with Crippen LogP contribution < -0.4 is 4.90 Å². The van der Waals surface area contributed by atoms with Crippen LogP contribution in [0, 0.1) is 0 Å². The van der Waals surface area contributed by atoms with Gasteiger partial charge in [-0.3, -0.25) is 0 Å². The van der Waals surface area contributed by atoms with E-state index in [4.69, 9.17) is 8.83 Å². The first-order valence-corrected chi connectivity index (χ1v) is 22.2. The largest absolute Gasteiger partial charge is 0.456 e. The first kappa shape index (κ1) is 36.9. The molecule has 3 nitrogen and oxygen atoms in total. The minimum absolute atomic E-state index is 0.838. The molecule has 0 spiro atoms. The molecule has 0 N–H and O–H groups in total. The van der Waals surface area contributed by atoms with Crippen molar-refractivity contribution in [3.8, 4) is 44.5 Å². The molecule has 0 saturated heterocycles. The van der Waals surface area contributed by atoms with Crippen LogP contribution in [0.2, 0.25) is 0 Å². The maximum Gasteiger partial charge on any atom is 0.143 e. The second-order valence-electron chi connectivity index (χ2n) is 16.8. The maximum absolute atomic E-state index is 7.10. The molecule has 0 fully saturated rings. The molecule has 0 radical (unpaired) electrons. The van der Waals surface area contributed by atoms with Crippen LogP contribution in [0.5, 0.6) is 0 Å². The molecule has 0 aliphatic heterocycles. The Labute approximate surface area is 375 Å². The summed E-state index contributed by atoms with van der Waals surface area (Å²) in [6, 6.07) is 84.6. The van der Waals surface area contributed by atoms with E-state index in [2.05, 4.69) is 223 Å². The predicted molar refractivity (Wildman–Crippen MR) is 272 cm³/mol. The summed E-state index contributed by atoms with van der Waals surface area (Å²) in [6.45, 7) is 0. The predicted octanol–water partition coefficient (Wildman–Crippen LogP) is 17.9. The molecule has 0 aliphatic carbocycles. The standard InChI is InChI=1S/C62H39NO2/c1-3-13-40(14-4-1)42-23-29-46(30-24-42)63(47-31-25-43(26-32-47)41-15-5-2-6-16-41)48-33-27-44(28-34-48)50-35-36-54-61-58(38-37-57-60(61)53-21-11-12-22-56(53)64-57)65-62(54)59(50)55-39-45-17-7-8-18-49(45)51-19-9-10-20-52(51)55/h1-39H. The first-order chi connectivity index (χ1) is 32.2. The van der Waals surface area contributed by atoms with Crippen molar-refractivity contribution in [2.75, 3.05) is 4.90 Å². The lowest BCUT2D eigenvalue weighted by Crippen LogP contribution is -2.09. The summed E-state index contributed by atoms with van der Waals surface area (Å²) in [7, 11) is 0. The molecule has 0 amide bonds. The minimum atomic E-state index is 0.838. The SMILES string of the molecule is c1ccc(-c2ccc(N(c3ccc(-c4ccccc4)cc3)c3ccc(-c4ccc5c(oc6ccc7oc8ccccc8c7c65)c4-c4cc5ccccc5c5ccccc45)cc3)cc2)cc1. The van der Waals surface area contributed by atoms with Gasteiger partial charge in [0.1, 0.15) is 22.3 Å². The summed E-state index contributed by atoms with van der Waals surface area (Å²) in [5.41, 5.74) is 15.8.